The summed E-state index contributed by atoms with van der Waals surface area (Å²) >= 11 is 0. The van der Waals surface area contributed by atoms with Crippen LogP contribution in [0.15, 0.2) is 0 Å². The molecule has 1 aromatic heterocycles. The number of hydrogen-bond donors (Lipinski definition) is 6. The molecule has 7 unspecified atom stereocenters. The minimum atomic E-state index is -4.19. The highest BCUT2D eigenvalue weighted by atomic mass is 31.2. The number of ether oxygens (including phenoxy) is 3. The van der Waals surface area contributed by atoms with E-state index in [0.29, 0.717) is 5.69 Å². The SMILES string of the molecule is CC(C)CC(NP(=O)(NCC(=O)OC(C)C)OCC1OC2(O)C(C1O)C2N1CNc2c(N)nc(F)nc21)C(=O)OC(C)C. The van der Waals surface area contributed by atoms with Crippen LogP contribution in [0.3, 0.4) is 0 Å². The molecule has 4 rings (SSSR count). The molecule has 3 aliphatic rings. The fourth-order valence-electron chi connectivity index (χ4n) is 5.29. The van der Waals surface area contributed by atoms with Gasteiger partial charge in [-0.1, -0.05) is 13.8 Å². The largest absolute Gasteiger partial charge is 0.462 e. The second kappa shape index (κ2) is 12.8. The van der Waals surface area contributed by atoms with Crippen LogP contribution < -0.4 is 26.1 Å². The molecular weight excluding hydrogens is 592 g/mol. The number of rotatable bonds is 14. The van der Waals surface area contributed by atoms with Gasteiger partial charge in [0.15, 0.2) is 17.4 Å². The van der Waals surface area contributed by atoms with Gasteiger partial charge in [0.05, 0.1) is 43.5 Å². The zero-order valence-electron chi connectivity index (χ0n) is 24.9. The molecule has 2 aliphatic heterocycles. The standard InChI is InChI=1S/C25H41FN7O9P/c1-11(2)7-14(23(36)41-13(5)6)32-43(38,29-8-16(34)40-12(3)4)39-9-15-19(35)17-20(25(17,37)42-15)33-10-28-18-21(27)30-24(26)31-22(18)33/h11-15,17,19-20,28,35,37H,7-10H2,1-6H3,(H2,27,30,31)(H2,29,32,38). The van der Waals surface area contributed by atoms with Gasteiger partial charge in [0, 0.05) is 0 Å². The zero-order chi connectivity index (χ0) is 31.9. The Balaban J connectivity index is 1.45. The van der Waals surface area contributed by atoms with Crippen molar-refractivity contribution >= 4 is 36.9 Å². The average Bonchev–Trinajstić information content (AvgIpc) is 3.12. The highest BCUT2D eigenvalue weighted by Gasteiger charge is 2.78. The zero-order valence-corrected chi connectivity index (χ0v) is 25.8. The van der Waals surface area contributed by atoms with E-state index in [2.05, 4.69) is 25.5 Å². The number of nitrogens with one attached hydrogen (secondary N) is 3. The minimum Gasteiger partial charge on any atom is -0.462 e. The molecule has 16 nitrogen and oxygen atoms in total. The summed E-state index contributed by atoms with van der Waals surface area (Å²) < 4.78 is 49.7. The number of nitrogen functional groups attached to an aromatic ring is 1. The number of anilines is 3. The smallest absolute Gasteiger partial charge is 0.342 e. The molecule has 0 amide bonds. The molecule has 0 bridgehead atoms. The van der Waals surface area contributed by atoms with E-state index in [1.807, 2.05) is 13.8 Å². The molecule has 43 heavy (non-hydrogen) atoms. The third-order valence-corrected chi connectivity index (χ3v) is 8.77. The molecule has 0 aromatic carbocycles. The summed E-state index contributed by atoms with van der Waals surface area (Å²) in [5.41, 5.74) is 6.06. The van der Waals surface area contributed by atoms with Gasteiger partial charge in [-0.25, -0.2) is 10.2 Å². The minimum absolute atomic E-state index is 0.00541. The third kappa shape index (κ3) is 7.36. The monoisotopic (exact) mass is 633 g/mol. The van der Waals surface area contributed by atoms with Gasteiger partial charge >= 0.3 is 25.7 Å². The number of esters is 2. The number of carbonyl (C=O) groups excluding carboxylic acids is 2. The predicted molar refractivity (Wildman–Crippen MR) is 151 cm³/mol. The number of nitrogens with two attached hydrogens (primary N) is 1. The highest BCUT2D eigenvalue weighted by Crippen LogP contribution is 2.59. The molecule has 1 aromatic rings. The van der Waals surface area contributed by atoms with E-state index in [4.69, 9.17) is 24.5 Å². The van der Waals surface area contributed by atoms with Crippen LogP contribution in [0, 0.1) is 17.9 Å². The second-order valence-electron chi connectivity index (χ2n) is 11.8. The van der Waals surface area contributed by atoms with Crippen LogP contribution in [0.4, 0.5) is 21.7 Å². The van der Waals surface area contributed by atoms with Crippen LogP contribution in [0.5, 0.6) is 0 Å². The van der Waals surface area contributed by atoms with Gasteiger partial charge in [0.1, 0.15) is 24.4 Å². The molecule has 0 spiro atoms. The third-order valence-electron chi connectivity index (χ3n) is 7.03. The number of carbonyl (C=O) groups is 2. The van der Waals surface area contributed by atoms with Crippen molar-refractivity contribution in [1.29, 1.82) is 0 Å². The molecule has 7 atom stereocenters. The first-order valence-corrected chi connectivity index (χ1v) is 15.8. The van der Waals surface area contributed by atoms with E-state index < -0.39 is 87.0 Å². The first-order chi connectivity index (χ1) is 20.0. The molecule has 1 saturated carbocycles. The molecular formula is C25H41FN7O9P. The number of hydrogen-bond acceptors (Lipinski definition) is 14. The maximum absolute atomic E-state index is 14.0. The van der Waals surface area contributed by atoms with E-state index >= 15 is 0 Å². The molecule has 1 saturated heterocycles. The van der Waals surface area contributed by atoms with Gasteiger partial charge in [0.2, 0.25) is 0 Å². The number of aliphatic hydroxyl groups is 2. The maximum atomic E-state index is 14.0. The molecule has 0 radical (unpaired) electrons. The van der Waals surface area contributed by atoms with Crippen LogP contribution in [0.2, 0.25) is 0 Å². The van der Waals surface area contributed by atoms with Crippen molar-refractivity contribution in [2.45, 2.75) is 90.2 Å². The van der Waals surface area contributed by atoms with Gasteiger partial charge in [-0.2, -0.15) is 14.4 Å². The van der Waals surface area contributed by atoms with Gasteiger partial charge in [-0.15, -0.1) is 0 Å². The van der Waals surface area contributed by atoms with Crippen LogP contribution in [0.1, 0.15) is 48.0 Å². The fourth-order valence-corrected chi connectivity index (χ4v) is 6.86. The topological polar surface area (TPSA) is 220 Å². The Morgan fingerprint density at radius 2 is 1.91 bits per heavy atom. The highest BCUT2D eigenvalue weighted by molar-refractivity contribution is 7.54. The van der Waals surface area contributed by atoms with Crippen LogP contribution in [-0.4, -0.2) is 94.2 Å². The van der Waals surface area contributed by atoms with Gasteiger partial charge in [0.25, 0.3) is 0 Å². The maximum Gasteiger partial charge on any atom is 0.342 e. The Morgan fingerprint density at radius 1 is 1.23 bits per heavy atom. The summed E-state index contributed by atoms with van der Waals surface area (Å²) in [6.07, 6.45) is -4.09. The van der Waals surface area contributed by atoms with E-state index in [9.17, 15) is 28.8 Å². The summed E-state index contributed by atoms with van der Waals surface area (Å²) in [6.45, 7) is 9.51. The molecule has 2 fully saturated rings. The van der Waals surface area contributed by atoms with Crippen LogP contribution in [-0.2, 0) is 32.9 Å². The van der Waals surface area contributed by atoms with E-state index in [1.165, 1.54) is 4.90 Å². The first-order valence-electron chi connectivity index (χ1n) is 14.1. The van der Waals surface area contributed by atoms with Crippen molar-refractivity contribution in [1.82, 2.24) is 20.1 Å². The van der Waals surface area contributed by atoms with Crippen molar-refractivity contribution in [2.24, 2.45) is 11.8 Å². The summed E-state index contributed by atoms with van der Waals surface area (Å²) in [6, 6.07) is -1.85. The lowest BCUT2D eigenvalue weighted by Crippen LogP contribution is -2.44. The number of nitrogens with zero attached hydrogens (tertiary/aromatic N) is 3. The summed E-state index contributed by atoms with van der Waals surface area (Å²) in [5.74, 6) is -4.04. The molecule has 3 heterocycles. The normalized spacial score (nSPS) is 28.0. The van der Waals surface area contributed by atoms with Gasteiger partial charge in [-0.05, 0) is 40.0 Å². The van der Waals surface area contributed by atoms with Gasteiger partial charge in [-0.3, -0.25) is 14.2 Å². The first kappa shape index (κ1) is 33.2. The lowest BCUT2D eigenvalue weighted by atomic mass is 10.0. The lowest BCUT2D eigenvalue weighted by Gasteiger charge is -2.29. The van der Waals surface area contributed by atoms with E-state index in [0.717, 1.165) is 0 Å². The van der Waals surface area contributed by atoms with Crippen molar-refractivity contribution in [2.75, 3.05) is 35.8 Å². The van der Waals surface area contributed by atoms with Crippen molar-refractivity contribution in [3.05, 3.63) is 6.08 Å². The molecule has 1 aliphatic carbocycles. The quantitative estimate of drug-likeness (QED) is 0.0930. The molecule has 7 N–H and O–H groups in total. The van der Waals surface area contributed by atoms with Crippen LogP contribution >= 0.6 is 7.67 Å². The van der Waals surface area contributed by atoms with E-state index in [-0.39, 0.29) is 30.6 Å². The van der Waals surface area contributed by atoms with Crippen molar-refractivity contribution in [3.8, 4) is 0 Å². The average molecular weight is 634 g/mol. The van der Waals surface area contributed by atoms with Gasteiger partial charge < -0.3 is 44.9 Å². The van der Waals surface area contributed by atoms with Crippen molar-refractivity contribution in [3.63, 3.8) is 0 Å². The summed E-state index contributed by atoms with van der Waals surface area (Å²) in [7, 11) is -4.19. The Labute approximate surface area is 248 Å². The fraction of sp³-hybridized carbons (Fsp3) is 0.760. The summed E-state index contributed by atoms with van der Waals surface area (Å²) in [5, 5.41) is 30.4. The van der Waals surface area contributed by atoms with E-state index in [1.54, 1.807) is 27.7 Å². The Kier molecular flexibility index (Phi) is 9.86. The lowest BCUT2D eigenvalue weighted by molar-refractivity contribution is -0.154. The Morgan fingerprint density at radius 3 is 2.49 bits per heavy atom. The predicted octanol–water partition coefficient (Wildman–Crippen LogP) is 0.456. The Hall–Kier alpha value is -2.66. The van der Waals surface area contributed by atoms with Crippen molar-refractivity contribution < 1.29 is 47.5 Å². The summed E-state index contributed by atoms with van der Waals surface area (Å²) in [4.78, 5) is 33.8. The number of halogens is 1. The number of aromatic nitrogens is 2. The number of fused-ring (bicyclic) bond motifs is 2. The van der Waals surface area contributed by atoms with Crippen LogP contribution in [0.25, 0.3) is 0 Å². The molecule has 242 valence electrons. The Bertz CT molecular complexity index is 1260. The number of aliphatic hydroxyl groups excluding tert-OH is 1. The second-order valence-corrected chi connectivity index (χ2v) is 13.7. The molecule has 18 heteroatoms.